The van der Waals surface area contributed by atoms with E-state index in [0.717, 1.165) is 4.47 Å². The van der Waals surface area contributed by atoms with E-state index in [1.54, 1.807) is 37.3 Å². The van der Waals surface area contributed by atoms with Gasteiger partial charge >= 0.3 is 5.97 Å². The van der Waals surface area contributed by atoms with Gasteiger partial charge in [0.05, 0.1) is 11.3 Å². The summed E-state index contributed by atoms with van der Waals surface area (Å²) >= 11 is 3.28. The van der Waals surface area contributed by atoms with Crippen molar-refractivity contribution in [2.45, 2.75) is 0 Å². The highest BCUT2D eigenvalue weighted by Crippen LogP contribution is 2.21. The molecule has 0 radical (unpaired) electrons. The van der Waals surface area contributed by atoms with Gasteiger partial charge in [-0.25, -0.2) is 9.80 Å². The molecule has 4 nitrogen and oxygen atoms in total. The number of nitrogens with one attached hydrogen (secondary N) is 1. The number of hydrogen-bond acceptors (Lipinski definition) is 3. The first-order chi connectivity index (χ1) is 6.50. The number of aromatic carboxylic acids is 1. The fourth-order valence-corrected chi connectivity index (χ4v) is 1.40. The van der Waals surface area contributed by atoms with Gasteiger partial charge in [0.1, 0.15) is 0 Å². The molecule has 0 aliphatic carbocycles. The van der Waals surface area contributed by atoms with E-state index in [1.165, 1.54) is 0 Å². The lowest BCUT2D eigenvalue weighted by Gasteiger charge is -2.15. The predicted octanol–water partition coefficient (Wildman–Crippen LogP) is 2.04. The molecule has 0 aliphatic rings. The third kappa shape index (κ3) is 2.71. The Morgan fingerprint density at radius 1 is 1.50 bits per heavy atom. The van der Waals surface area contributed by atoms with Gasteiger partial charge in [-0.2, -0.15) is 0 Å². The van der Waals surface area contributed by atoms with Crippen molar-refractivity contribution in [3.8, 4) is 0 Å². The number of hydrazine groups is 1. The number of rotatable bonds is 3. The quantitative estimate of drug-likeness (QED) is 0.815. The third-order valence-electron chi connectivity index (χ3n) is 1.56. The first-order valence-electron chi connectivity index (χ1n) is 3.97. The monoisotopic (exact) mass is 258 g/mol. The topological polar surface area (TPSA) is 52.6 Å². The van der Waals surface area contributed by atoms with E-state index in [9.17, 15) is 4.79 Å². The van der Waals surface area contributed by atoms with Crippen LogP contribution in [0.4, 0.5) is 5.69 Å². The van der Waals surface area contributed by atoms with E-state index < -0.39 is 5.97 Å². The molecular formula is C9H11BrN2O2. The first-order valence-corrected chi connectivity index (χ1v) is 4.77. The molecule has 1 rings (SSSR count). The van der Waals surface area contributed by atoms with E-state index in [-0.39, 0.29) is 5.56 Å². The average molecular weight is 259 g/mol. The maximum atomic E-state index is 10.8. The Kier molecular flexibility index (Phi) is 3.49. The van der Waals surface area contributed by atoms with E-state index in [4.69, 9.17) is 5.11 Å². The minimum Gasteiger partial charge on any atom is -0.478 e. The standard InChI is InChI=1S/C9H11BrN2O2/c1-12(2)11-8-5-6(10)3-4-7(8)9(13)14/h3-5,11H,1-2H3,(H,13,14). The van der Waals surface area contributed by atoms with Crippen molar-refractivity contribution in [3.63, 3.8) is 0 Å². The molecule has 0 atom stereocenters. The zero-order chi connectivity index (χ0) is 10.7. The molecule has 0 heterocycles. The highest BCUT2D eigenvalue weighted by atomic mass is 79.9. The number of nitrogens with zero attached hydrogens (tertiary/aromatic N) is 1. The molecule has 0 fully saturated rings. The number of carboxylic acid groups (broad SMARTS) is 1. The van der Waals surface area contributed by atoms with E-state index in [2.05, 4.69) is 21.4 Å². The maximum Gasteiger partial charge on any atom is 0.337 e. The van der Waals surface area contributed by atoms with Gasteiger partial charge in [-0.1, -0.05) is 15.9 Å². The largest absolute Gasteiger partial charge is 0.478 e. The number of carbonyl (C=O) groups is 1. The lowest BCUT2D eigenvalue weighted by atomic mass is 10.2. The summed E-state index contributed by atoms with van der Waals surface area (Å²) in [5.41, 5.74) is 3.74. The van der Waals surface area contributed by atoms with Crippen LogP contribution in [0.25, 0.3) is 0 Å². The fourth-order valence-electron chi connectivity index (χ4n) is 1.04. The van der Waals surface area contributed by atoms with Crippen molar-refractivity contribution in [1.82, 2.24) is 5.01 Å². The molecule has 1 aromatic carbocycles. The highest BCUT2D eigenvalue weighted by Gasteiger charge is 2.10. The van der Waals surface area contributed by atoms with Crippen LogP contribution in [0.5, 0.6) is 0 Å². The van der Waals surface area contributed by atoms with E-state index in [0.29, 0.717) is 5.69 Å². The molecule has 0 saturated carbocycles. The summed E-state index contributed by atoms with van der Waals surface area (Å²) < 4.78 is 0.840. The summed E-state index contributed by atoms with van der Waals surface area (Å²) in [6.07, 6.45) is 0. The maximum absolute atomic E-state index is 10.8. The van der Waals surface area contributed by atoms with Crippen LogP contribution in [0.2, 0.25) is 0 Å². The minimum atomic E-state index is -0.943. The van der Waals surface area contributed by atoms with Crippen molar-refractivity contribution in [2.75, 3.05) is 19.5 Å². The Morgan fingerprint density at radius 3 is 2.64 bits per heavy atom. The van der Waals surface area contributed by atoms with Crippen LogP contribution in [0.3, 0.4) is 0 Å². The van der Waals surface area contributed by atoms with Crippen molar-refractivity contribution in [3.05, 3.63) is 28.2 Å². The highest BCUT2D eigenvalue weighted by molar-refractivity contribution is 9.10. The Bertz CT molecular complexity index is 353. The Morgan fingerprint density at radius 2 is 2.14 bits per heavy atom. The summed E-state index contributed by atoms with van der Waals surface area (Å²) in [6.45, 7) is 0. The molecule has 0 saturated heterocycles. The molecule has 0 unspecified atom stereocenters. The van der Waals surface area contributed by atoms with Gasteiger partial charge in [-0.3, -0.25) is 0 Å². The van der Waals surface area contributed by atoms with Gasteiger partial charge in [-0.05, 0) is 18.2 Å². The Labute approximate surface area is 90.6 Å². The number of anilines is 1. The molecule has 76 valence electrons. The van der Waals surface area contributed by atoms with Crippen molar-refractivity contribution in [2.24, 2.45) is 0 Å². The zero-order valence-electron chi connectivity index (χ0n) is 7.91. The molecule has 0 aromatic heterocycles. The molecule has 2 N–H and O–H groups in total. The van der Waals surface area contributed by atoms with E-state index >= 15 is 0 Å². The molecule has 0 amide bonds. The van der Waals surface area contributed by atoms with Gasteiger partial charge in [-0.15, -0.1) is 0 Å². The van der Waals surface area contributed by atoms with Crippen LogP contribution in [-0.4, -0.2) is 30.2 Å². The summed E-state index contributed by atoms with van der Waals surface area (Å²) in [4.78, 5) is 10.8. The first kappa shape index (κ1) is 11.0. The molecule has 1 aromatic rings. The van der Waals surface area contributed by atoms with Gasteiger partial charge in [0, 0.05) is 18.6 Å². The summed E-state index contributed by atoms with van der Waals surface area (Å²) in [7, 11) is 3.60. The SMILES string of the molecule is CN(C)Nc1cc(Br)ccc1C(=O)O. The van der Waals surface area contributed by atoms with Gasteiger partial charge < -0.3 is 10.5 Å². The third-order valence-corrected chi connectivity index (χ3v) is 2.05. The zero-order valence-corrected chi connectivity index (χ0v) is 9.50. The van der Waals surface area contributed by atoms with Crippen LogP contribution in [-0.2, 0) is 0 Å². The van der Waals surface area contributed by atoms with Gasteiger partial charge in [0.25, 0.3) is 0 Å². The summed E-state index contributed by atoms with van der Waals surface area (Å²) in [5.74, 6) is -0.943. The second-order valence-corrected chi connectivity index (χ2v) is 3.92. The van der Waals surface area contributed by atoms with E-state index in [1.807, 2.05) is 0 Å². The van der Waals surface area contributed by atoms with Crippen LogP contribution < -0.4 is 5.43 Å². The number of hydrogen-bond donors (Lipinski definition) is 2. The smallest absolute Gasteiger partial charge is 0.337 e. The molecule has 0 spiro atoms. The predicted molar refractivity (Wildman–Crippen MR) is 58.4 cm³/mol. The molecular weight excluding hydrogens is 248 g/mol. The molecule has 14 heavy (non-hydrogen) atoms. The van der Waals surface area contributed by atoms with Gasteiger partial charge in [0.15, 0.2) is 0 Å². The Balaban J connectivity index is 3.09. The molecule has 0 bridgehead atoms. The average Bonchev–Trinajstić information content (AvgIpc) is 2.01. The van der Waals surface area contributed by atoms with Crippen LogP contribution in [0.15, 0.2) is 22.7 Å². The molecule has 5 heteroatoms. The van der Waals surface area contributed by atoms with Crippen molar-refractivity contribution >= 4 is 27.6 Å². The number of benzene rings is 1. The lowest BCUT2D eigenvalue weighted by Crippen LogP contribution is -2.21. The number of carboxylic acids is 1. The van der Waals surface area contributed by atoms with Crippen LogP contribution >= 0.6 is 15.9 Å². The second-order valence-electron chi connectivity index (χ2n) is 3.00. The minimum absolute atomic E-state index is 0.252. The normalized spacial score (nSPS) is 10.3. The van der Waals surface area contributed by atoms with Crippen molar-refractivity contribution in [1.29, 1.82) is 0 Å². The van der Waals surface area contributed by atoms with Gasteiger partial charge in [0.2, 0.25) is 0 Å². The second kappa shape index (κ2) is 4.43. The fraction of sp³-hybridized carbons (Fsp3) is 0.222. The van der Waals surface area contributed by atoms with Crippen LogP contribution in [0, 0.1) is 0 Å². The number of halogens is 1. The lowest BCUT2D eigenvalue weighted by molar-refractivity contribution is 0.0697. The molecule has 0 aliphatic heterocycles. The van der Waals surface area contributed by atoms with Crippen LogP contribution in [0.1, 0.15) is 10.4 Å². The Hall–Kier alpha value is -1.07. The van der Waals surface area contributed by atoms with Crippen molar-refractivity contribution < 1.29 is 9.90 Å². The summed E-state index contributed by atoms with van der Waals surface area (Å²) in [6, 6.07) is 4.98. The summed E-state index contributed by atoms with van der Waals surface area (Å²) in [5, 5.41) is 10.6.